The summed E-state index contributed by atoms with van der Waals surface area (Å²) in [6, 6.07) is 16.3. The van der Waals surface area contributed by atoms with Crippen molar-refractivity contribution in [3.63, 3.8) is 0 Å². The van der Waals surface area contributed by atoms with E-state index in [1.807, 2.05) is 37.3 Å². The van der Waals surface area contributed by atoms with Gasteiger partial charge in [0.25, 0.3) is 5.91 Å². The number of hydrazone groups is 1. The highest BCUT2D eigenvalue weighted by Crippen LogP contribution is 2.23. The van der Waals surface area contributed by atoms with Crippen LogP contribution in [0.4, 0.5) is 11.4 Å². The fourth-order valence-electron chi connectivity index (χ4n) is 2.47. The zero-order valence-electron chi connectivity index (χ0n) is 13.5. The molecule has 3 rings (SSSR count). The van der Waals surface area contributed by atoms with E-state index in [1.54, 1.807) is 30.5 Å². The van der Waals surface area contributed by atoms with Gasteiger partial charge in [0.2, 0.25) is 0 Å². The fourth-order valence-corrected chi connectivity index (χ4v) is 2.47. The van der Waals surface area contributed by atoms with Gasteiger partial charge in [0, 0.05) is 11.8 Å². The number of para-hydroxylation sites is 1. The maximum atomic E-state index is 12.6. The van der Waals surface area contributed by atoms with Gasteiger partial charge in [0.05, 0.1) is 17.1 Å². The molecule has 0 unspecified atom stereocenters. The van der Waals surface area contributed by atoms with Gasteiger partial charge >= 0.3 is 0 Å². The molecule has 120 valence electrons. The number of Topliss-reactive ketones (excluding diaryl/α,β-unsaturated/α-hetero) is 1. The lowest BCUT2D eigenvalue weighted by Crippen LogP contribution is -2.27. The molecule has 1 aliphatic rings. The Kier molecular flexibility index (Phi) is 4.33. The molecular weight excluding hydrogens is 302 g/mol. The molecule has 1 heterocycles. The van der Waals surface area contributed by atoms with Crippen LogP contribution in [0.25, 0.3) is 0 Å². The van der Waals surface area contributed by atoms with Gasteiger partial charge in [-0.1, -0.05) is 30.3 Å². The molecule has 0 saturated carbocycles. The van der Waals surface area contributed by atoms with Gasteiger partial charge < -0.3 is 0 Å². The van der Waals surface area contributed by atoms with Crippen molar-refractivity contribution in [3.05, 3.63) is 60.2 Å². The maximum absolute atomic E-state index is 12.6. The van der Waals surface area contributed by atoms with Crippen molar-refractivity contribution in [2.24, 2.45) is 16.0 Å². The SMILES string of the molecule is CC(=O)c1cccc(N=C[C@H]2C(=O)N(c3ccccc3)N=C2C)c1. The van der Waals surface area contributed by atoms with Crippen LogP contribution in [0.15, 0.2) is 64.7 Å². The van der Waals surface area contributed by atoms with Crippen LogP contribution in [0.2, 0.25) is 0 Å². The average Bonchev–Trinajstić information content (AvgIpc) is 2.88. The Morgan fingerprint density at radius 3 is 2.62 bits per heavy atom. The van der Waals surface area contributed by atoms with E-state index < -0.39 is 5.92 Å². The van der Waals surface area contributed by atoms with Gasteiger partial charge in [-0.05, 0) is 38.1 Å². The van der Waals surface area contributed by atoms with Crippen molar-refractivity contribution in [3.8, 4) is 0 Å². The molecule has 0 fully saturated rings. The zero-order valence-corrected chi connectivity index (χ0v) is 13.5. The molecule has 24 heavy (non-hydrogen) atoms. The van der Waals surface area contributed by atoms with Crippen LogP contribution in [-0.4, -0.2) is 23.6 Å². The summed E-state index contributed by atoms with van der Waals surface area (Å²) in [6.07, 6.45) is 1.59. The molecule has 1 amide bonds. The van der Waals surface area contributed by atoms with E-state index in [4.69, 9.17) is 0 Å². The highest BCUT2D eigenvalue weighted by molar-refractivity contribution is 6.23. The van der Waals surface area contributed by atoms with Crippen LogP contribution >= 0.6 is 0 Å². The van der Waals surface area contributed by atoms with Gasteiger partial charge in [-0.3, -0.25) is 14.6 Å². The van der Waals surface area contributed by atoms with E-state index in [0.29, 0.717) is 17.0 Å². The van der Waals surface area contributed by atoms with Crippen molar-refractivity contribution in [1.82, 2.24) is 0 Å². The van der Waals surface area contributed by atoms with E-state index in [-0.39, 0.29) is 11.7 Å². The van der Waals surface area contributed by atoms with E-state index in [2.05, 4.69) is 10.1 Å². The van der Waals surface area contributed by atoms with Crippen LogP contribution < -0.4 is 5.01 Å². The van der Waals surface area contributed by atoms with Crippen molar-refractivity contribution >= 4 is 35.0 Å². The van der Waals surface area contributed by atoms with E-state index >= 15 is 0 Å². The summed E-state index contributed by atoms with van der Waals surface area (Å²) in [5.41, 5.74) is 2.66. The molecule has 5 heteroatoms. The number of amides is 1. The Morgan fingerprint density at radius 2 is 1.92 bits per heavy atom. The summed E-state index contributed by atoms with van der Waals surface area (Å²) >= 11 is 0. The van der Waals surface area contributed by atoms with Crippen LogP contribution in [0.5, 0.6) is 0 Å². The summed E-state index contributed by atoms with van der Waals surface area (Å²) in [6.45, 7) is 3.32. The predicted octanol–water partition coefficient (Wildman–Crippen LogP) is 3.63. The molecule has 0 aliphatic carbocycles. The quantitative estimate of drug-likeness (QED) is 0.638. The maximum Gasteiger partial charge on any atom is 0.261 e. The number of rotatable bonds is 4. The Labute approximate surface area is 140 Å². The lowest BCUT2D eigenvalue weighted by molar-refractivity contribution is -0.118. The molecule has 5 nitrogen and oxygen atoms in total. The van der Waals surface area contributed by atoms with Gasteiger partial charge in [0.1, 0.15) is 5.92 Å². The van der Waals surface area contributed by atoms with Crippen LogP contribution in [0.1, 0.15) is 24.2 Å². The van der Waals surface area contributed by atoms with Gasteiger partial charge in [0.15, 0.2) is 5.78 Å². The standard InChI is InChI=1S/C19H17N3O2/c1-13-18(12-20-16-8-6-7-15(11-16)14(2)23)19(24)22(21-13)17-9-4-3-5-10-17/h3-12,18H,1-2H3/t18-/m1/s1. The third kappa shape index (κ3) is 3.15. The molecule has 0 spiro atoms. The molecule has 2 aromatic carbocycles. The smallest absolute Gasteiger partial charge is 0.261 e. The van der Waals surface area contributed by atoms with E-state index in [1.165, 1.54) is 11.9 Å². The van der Waals surface area contributed by atoms with Crippen LogP contribution in [0.3, 0.4) is 0 Å². The number of aliphatic imine (C=N–C) groups is 1. The Morgan fingerprint density at radius 1 is 1.17 bits per heavy atom. The first-order valence-electron chi connectivity index (χ1n) is 7.65. The molecule has 0 bridgehead atoms. The summed E-state index contributed by atoms with van der Waals surface area (Å²) in [4.78, 5) is 28.4. The zero-order chi connectivity index (χ0) is 17.1. The van der Waals surface area contributed by atoms with Crippen molar-refractivity contribution < 1.29 is 9.59 Å². The summed E-state index contributed by atoms with van der Waals surface area (Å²) < 4.78 is 0. The minimum Gasteiger partial charge on any atom is -0.295 e. The predicted molar refractivity (Wildman–Crippen MR) is 95.1 cm³/mol. The monoisotopic (exact) mass is 319 g/mol. The summed E-state index contributed by atoms with van der Waals surface area (Å²) in [5, 5.41) is 5.74. The lowest BCUT2D eigenvalue weighted by Gasteiger charge is -2.12. The highest BCUT2D eigenvalue weighted by Gasteiger charge is 2.33. The largest absolute Gasteiger partial charge is 0.295 e. The molecule has 0 saturated heterocycles. The van der Waals surface area contributed by atoms with E-state index in [9.17, 15) is 9.59 Å². The Balaban J connectivity index is 1.81. The van der Waals surface area contributed by atoms with Crippen LogP contribution in [0, 0.1) is 5.92 Å². The number of ketones is 1. The second-order valence-electron chi connectivity index (χ2n) is 5.59. The summed E-state index contributed by atoms with van der Waals surface area (Å²) in [5.74, 6) is -0.645. The number of benzene rings is 2. The normalized spacial score (nSPS) is 17.4. The number of anilines is 1. The number of carbonyl (C=O) groups excluding carboxylic acids is 2. The minimum atomic E-state index is -0.494. The highest BCUT2D eigenvalue weighted by atomic mass is 16.2. The third-order valence-electron chi connectivity index (χ3n) is 3.81. The van der Waals surface area contributed by atoms with E-state index in [0.717, 1.165) is 5.69 Å². The topological polar surface area (TPSA) is 62.1 Å². The molecular formula is C19H17N3O2. The number of hydrogen-bond donors (Lipinski definition) is 0. The molecule has 0 aromatic heterocycles. The fraction of sp³-hybridized carbons (Fsp3) is 0.158. The second kappa shape index (κ2) is 6.58. The van der Waals surface area contributed by atoms with Gasteiger partial charge in [-0.25, -0.2) is 0 Å². The van der Waals surface area contributed by atoms with Gasteiger partial charge in [-0.2, -0.15) is 10.1 Å². The molecule has 2 aromatic rings. The molecule has 1 atom stereocenters. The number of hydrogen-bond acceptors (Lipinski definition) is 4. The number of nitrogens with zero attached hydrogens (tertiary/aromatic N) is 3. The van der Waals surface area contributed by atoms with Crippen molar-refractivity contribution in [2.45, 2.75) is 13.8 Å². The first-order chi connectivity index (χ1) is 11.6. The lowest BCUT2D eigenvalue weighted by atomic mass is 10.1. The Hall–Kier alpha value is -3.08. The second-order valence-corrected chi connectivity index (χ2v) is 5.59. The first kappa shape index (κ1) is 15.8. The average molecular weight is 319 g/mol. The first-order valence-corrected chi connectivity index (χ1v) is 7.65. The van der Waals surface area contributed by atoms with Crippen molar-refractivity contribution in [1.29, 1.82) is 0 Å². The summed E-state index contributed by atoms with van der Waals surface area (Å²) in [7, 11) is 0. The minimum absolute atomic E-state index is 0.0167. The molecule has 0 N–H and O–H groups in total. The molecule has 0 radical (unpaired) electrons. The Bertz CT molecular complexity index is 841. The third-order valence-corrected chi connectivity index (χ3v) is 3.81. The van der Waals surface area contributed by atoms with Gasteiger partial charge in [-0.15, -0.1) is 0 Å². The molecule has 1 aliphatic heterocycles. The number of carbonyl (C=O) groups is 2. The van der Waals surface area contributed by atoms with Crippen LogP contribution in [-0.2, 0) is 4.79 Å². The van der Waals surface area contributed by atoms with Crippen molar-refractivity contribution in [2.75, 3.05) is 5.01 Å².